The normalized spacial score (nSPS) is 18.2. The first-order valence-electron chi connectivity index (χ1n) is 11.3. The van der Waals surface area contributed by atoms with Crippen LogP contribution in [0.1, 0.15) is 58.3 Å². The molecule has 3 nitrogen and oxygen atoms in total. The van der Waals surface area contributed by atoms with Crippen molar-refractivity contribution in [3.05, 3.63) is 70.3 Å². The lowest BCUT2D eigenvalue weighted by Crippen LogP contribution is -2.28. The summed E-state index contributed by atoms with van der Waals surface area (Å²) in [6, 6.07) is 15.3. The van der Waals surface area contributed by atoms with Crippen LogP contribution >= 0.6 is 0 Å². The summed E-state index contributed by atoms with van der Waals surface area (Å²) in [6.07, 6.45) is 6.29. The van der Waals surface area contributed by atoms with E-state index in [0.717, 1.165) is 63.5 Å². The second-order valence-electron chi connectivity index (χ2n) is 8.90. The van der Waals surface area contributed by atoms with Gasteiger partial charge in [0.2, 0.25) is 0 Å². The molecule has 0 aromatic heterocycles. The molecular weight excluding hydrogens is 356 g/mol. The van der Waals surface area contributed by atoms with Gasteiger partial charge in [-0.25, -0.2) is 0 Å². The van der Waals surface area contributed by atoms with Gasteiger partial charge in [-0.1, -0.05) is 42.0 Å². The van der Waals surface area contributed by atoms with Crippen LogP contribution in [0.2, 0.25) is 0 Å². The van der Waals surface area contributed by atoms with E-state index in [2.05, 4.69) is 59.6 Å². The van der Waals surface area contributed by atoms with Crippen LogP contribution in [0.25, 0.3) is 0 Å². The predicted octanol–water partition coefficient (Wildman–Crippen LogP) is 4.56. The van der Waals surface area contributed by atoms with E-state index in [0.29, 0.717) is 12.2 Å². The number of hydrogen-bond acceptors (Lipinski definition) is 3. The van der Waals surface area contributed by atoms with Crippen LogP contribution in [0.4, 0.5) is 0 Å². The topological polar surface area (TPSA) is 32.3 Å². The molecule has 0 spiro atoms. The molecule has 0 unspecified atom stereocenters. The van der Waals surface area contributed by atoms with Crippen LogP contribution in [0, 0.1) is 12.8 Å². The highest BCUT2D eigenvalue weighted by Crippen LogP contribution is 2.23. The third-order valence-corrected chi connectivity index (χ3v) is 6.65. The Hall–Kier alpha value is -1.97. The highest BCUT2D eigenvalue weighted by molar-refractivity contribution is 5.96. The largest absolute Gasteiger partial charge is 0.317 e. The molecule has 0 amide bonds. The van der Waals surface area contributed by atoms with E-state index in [-0.39, 0.29) is 0 Å². The van der Waals surface area contributed by atoms with E-state index < -0.39 is 0 Å². The Kier molecular flexibility index (Phi) is 6.78. The smallest absolute Gasteiger partial charge is 0.162 e. The van der Waals surface area contributed by atoms with Crippen LogP contribution in [0.5, 0.6) is 0 Å². The second kappa shape index (κ2) is 9.69. The quantitative estimate of drug-likeness (QED) is 0.734. The van der Waals surface area contributed by atoms with Crippen LogP contribution in [0.15, 0.2) is 42.5 Å². The monoisotopic (exact) mass is 390 g/mol. The van der Waals surface area contributed by atoms with Gasteiger partial charge in [-0.05, 0) is 80.8 Å². The molecule has 2 heterocycles. The molecule has 154 valence electrons. The summed E-state index contributed by atoms with van der Waals surface area (Å²) >= 11 is 0. The van der Waals surface area contributed by atoms with Gasteiger partial charge in [0.05, 0.1) is 0 Å². The van der Waals surface area contributed by atoms with Gasteiger partial charge in [0.1, 0.15) is 0 Å². The molecule has 2 aliphatic heterocycles. The standard InChI is InChI=1S/C26H34N2O/c1-20-3-2-4-22(17-20)19-28-15-11-23-6-7-25(18-24(23)12-16-28)26(29)8-5-21-9-13-27-14-10-21/h2-4,6-7,17-18,21,27H,5,8-16,19H2,1H3. The van der Waals surface area contributed by atoms with Crippen LogP contribution < -0.4 is 5.32 Å². The van der Waals surface area contributed by atoms with Crippen molar-refractivity contribution in [3.63, 3.8) is 0 Å². The third-order valence-electron chi connectivity index (χ3n) is 6.65. The van der Waals surface area contributed by atoms with E-state index in [4.69, 9.17) is 0 Å². The lowest BCUT2D eigenvalue weighted by atomic mass is 9.90. The number of rotatable bonds is 6. The molecule has 0 atom stereocenters. The molecular formula is C26H34N2O. The first kappa shape index (κ1) is 20.3. The van der Waals surface area contributed by atoms with Gasteiger partial charge in [-0.3, -0.25) is 9.69 Å². The maximum Gasteiger partial charge on any atom is 0.162 e. The molecule has 0 aliphatic carbocycles. The Balaban J connectivity index is 1.35. The summed E-state index contributed by atoms with van der Waals surface area (Å²) < 4.78 is 0. The van der Waals surface area contributed by atoms with E-state index in [1.54, 1.807) is 0 Å². The number of ketones is 1. The molecule has 1 N–H and O–H groups in total. The summed E-state index contributed by atoms with van der Waals surface area (Å²) in [5.41, 5.74) is 6.44. The van der Waals surface area contributed by atoms with Crippen molar-refractivity contribution in [2.24, 2.45) is 5.92 Å². The van der Waals surface area contributed by atoms with Crippen molar-refractivity contribution in [2.75, 3.05) is 26.2 Å². The van der Waals surface area contributed by atoms with E-state index in [1.165, 1.54) is 35.1 Å². The van der Waals surface area contributed by atoms with Gasteiger partial charge in [0.15, 0.2) is 5.78 Å². The van der Waals surface area contributed by atoms with Crippen molar-refractivity contribution < 1.29 is 4.79 Å². The fourth-order valence-corrected chi connectivity index (χ4v) is 4.82. The SMILES string of the molecule is Cc1cccc(CN2CCc3ccc(C(=O)CCC4CCNCC4)cc3CC2)c1. The number of fused-ring (bicyclic) bond motifs is 1. The van der Waals surface area contributed by atoms with Crippen LogP contribution in [0.3, 0.4) is 0 Å². The minimum absolute atomic E-state index is 0.326. The summed E-state index contributed by atoms with van der Waals surface area (Å²) in [6.45, 7) is 7.54. The summed E-state index contributed by atoms with van der Waals surface area (Å²) in [5, 5.41) is 3.41. The Bertz CT molecular complexity index is 838. The number of hydrogen-bond donors (Lipinski definition) is 1. The Morgan fingerprint density at radius 1 is 1.03 bits per heavy atom. The first-order valence-corrected chi connectivity index (χ1v) is 11.3. The number of nitrogens with one attached hydrogen (secondary N) is 1. The summed E-state index contributed by atoms with van der Waals surface area (Å²) in [4.78, 5) is 15.3. The maximum atomic E-state index is 12.8. The van der Waals surface area contributed by atoms with Gasteiger partial charge >= 0.3 is 0 Å². The zero-order valence-corrected chi connectivity index (χ0v) is 17.8. The van der Waals surface area contributed by atoms with E-state index >= 15 is 0 Å². The van der Waals surface area contributed by atoms with E-state index in [1.807, 2.05) is 0 Å². The highest BCUT2D eigenvalue weighted by atomic mass is 16.1. The van der Waals surface area contributed by atoms with Gasteiger partial charge in [-0.15, -0.1) is 0 Å². The number of aryl methyl sites for hydroxylation is 1. The Morgan fingerprint density at radius 3 is 2.62 bits per heavy atom. The number of Topliss-reactive ketones (excluding diaryl/α,β-unsaturated/α-hetero) is 1. The van der Waals surface area contributed by atoms with Gasteiger partial charge in [-0.2, -0.15) is 0 Å². The summed E-state index contributed by atoms with van der Waals surface area (Å²) in [5.74, 6) is 1.04. The van der Waals surface area contributed by atoms with Crippen LogP contribution in [-0.2, 0) is 19.4 Å². The molecule has 4 rings (SSSR count). The minimum atomic E-state index is 0.326. The molecule has 2 aromatic carbocycles. The average molecular weight is 391 g/mol. The number of benzene rings is 2. The van der Waals surface area contributed by atoms with Crippen molar-refractivity contribution in [2.45, 2.75) is 52.0 Å². The average Bonchev–Trinajstić information content (AvgIpc) is 2.95. The van der Waals surface area contributed by atoms with E-state index in [9.17, 15) is 4.79 Å². The first-order chi connectivity index (χ1) is 14.2. The Morgan fingerprint density at radius 2 is 1.83 bits per heavy atom. The number of nitrogens with zero attached hydrogens (tertiary/aromatic N) is 1. The molecule has 1 saturated heterocycles. The lowest BCUT2D eigenvalue weighted by Gasteiger charge is -2.22. The highest BCUT2D eigenvalue weighted by Gasteiger charge is 2.18. The van der Waals surface area contributed by atoms with Crippen molar-refractivity contribution in [1.82, 2.24) is 10.2 Å². The third kappa shape index (κ3) is 5.55. The molecule has 0 radical (unpaired) electrons. The number of carbonyl (C=O) groups is 1. The fourth-order valence-electron chi connectivity index (χ4n) is 4.82. The molecule has 2 aromatic rings. The zero-order chi connectivity index (χ0) is 20.1. The van der Waals surface area contributed by atoms with Gasteiger partial charge in [0.25, 0.3) is 0 Å². The molecule has 0 saturated carbocycles. The fraction of sp³-hybridized carbons (Fsp3) is 0.500. The molecule has 3 heteroatoms. The van der Waals surface area contributed by atoms with Crippen LogP contribution in [-0.4, -0.2) is 36.9 Å². The molecule has 29 heavy (non-hydrogen) atoms. The maximum absolute atomic E-state index is 12.8. The number of carbonyl (C=O) groups excluding carboxylic acids is 1. The Labute approximate surface area is 175 Å². The van der Waals surface area contributed by atoms with Crippen molar-refractivity contribution in [1.29, 1.82) is 0 Å². The van der Waals surface area contributed by atoms with Gasteiger partial charge in [0, 0.05) is 31.6 Å². The zero-order valence-electron chi connectivity index (χ0n) is 17.8. The minimum Gasteiger partial charge on any atom is -0.317 e. The molecule has 0 bridgehead atoms. The second-order valence-corrected chi connectivity index (χ2v) is 8.90. The van der Waals surface area contributed by atoms with Crippen molar-refractivity contribution in [3.8, 4) is 0 Å². The number of piperidine rings is 1. The lowest BCUT2D eigenvalue weighted by molar-refractivity contribution is 0.0970. The molecule has 2 aliphatic rings. The predicted molar refractivity (Wildman–Crippen MR) is 119 cm³/mol. The van der Waals surface area contributed by atoms with Crippen molar-refractivity contribution >= 4 is 5.78 Å². The summed E-state index contributed by atoms with van der Waals surface area (Å²) in [7, 11) is 0. The van der Waals surface area contributed by atoms with Gasteiger partial charge < -0.3 is 5.32 Å². The molecule has 1 fully saturated rings.